The Morgan fingerprint density at radius 1 is 1.05 bits per heavy atom. The average Bonchev–Trinajstić information content (AvgIpc) is 2.48. The summed E-state index contributed by atoms with van der Waals surface area (Å²) in [6.45, 7) is 3.31. The van der Waals surface area contributed by atoms with Crippen LogP contribution in [0.15, 0.2) is 36.4 Å². The lowest BCUT2D eigenvalue weighted by Crippen LogP contribution is -2.15. The summed E-state index contributed by atoms with van der Waals surface area (Å²) in [6.07, 6.45) is 0. The molecule has 0 aromatic heterocycles. The lowest BCUT2D eigenvalue weighted by atomic mass is 10.1. The molecule has 2 aromatic carbocycles. The Labute approximate surface area is 129 Å². The number of anilines is 1. The molecule has 1 heterocycles. The summed E-state index contributed by atoms with van der Waals surface area (Å²) in [5.41, 5.74) is 10.6. The zero-order valence-electron chi connectivity index (χ0n) is 12.1. The fourth-order valence-corrected chi connectivity index (χ4v) is 3.34. The van der Waals surface area contributed by atoms with Crippen LogP contribution in [-0.4, -0.2) is 13.2 Å². The molecule has 0 unspecified atom stereocenters. The number of thioether (sulfide) groups is 1. The van der Waals surface area contributed by atoms with E-state index in [2.05, 4.69) is 31.2 Å². The third-order valence-corrected chi connectivity index (χ3v) is 4.47. The lowest BCUT2D eigenvalue weighted by molar-refractivity contribution is 0.171. The van der Waals surface area contributed by atoms with E-state index < -0.39 is 0 Å². The van der Waals surface area contributed by atoms with Gasteiger partial charge >= 0.3 is 0 Å². The van der Waals surface area contributed by atoms with Crippen molar-refractivity contribution >= 4 is 17.4 Å². The predicted octanol–water partition coefficient (Wildman–Crippen LogP) is 3.78. The van der Waals surface area contributed by atoms with Gasteiger partial charge in [-0.2, -0.15) is 11.8 Å². The molecule has 0 aliphatic carbocycles. The van der Waals surface area contributed by atoms with Crippen molar-refractivity contribution in [2.75, 3.05) is 18.9 Å². The van der Waals surface area contributed by atoms with E-state index in [-0.39, 0.29) is 0 Å². The highest BCUT2D eigenvalue weighted by atomic mass is 32.2. The van der Waals surface area contributed by atoms with Gasteiger partial charge in [0.05, 0.1) is 0 Å². The van der Waals surface area contributed by atoms with Gasteiger partial charge in [-0.3, -0.25) is 0 Å². The Morgan fingerprint density at radius 2 is 1.81 bits per heavy atom. The van der Waals surface area contributed by atoms with Gasteiger partial charge in [-0.05, 0) is 24.1 Å². The van der Waals surface area contributed by atoms with Crippen LogP contribution in [0.4, 0.5) is 5.69 Å². The third-order valence-electron chi connectivity index (χ3n) is 3.41. The van der Waals surface area contributed by atoms with E-state index in [4.69, 9.17) is 15.2 Å². The number of fused-ring (bicyclic) bond motifs is 1. The van der Waals surface area contributed by atoms with E-state index in [0.29, 0.717) is 13.2 Å². The number of hydrogen-bond acceptors (Lipinski definition) is 4. The van der Waals surface area contributed by atoms with Gasteiger partial charge in [0.2, 0.25) is 0 Å². The maximum atomic E-state index is 6.10. The van der Waals surface area contributed by atoms with Gasteiger partial charge in [-0.1, -0.05) is 29.8 Å². The van der Waals surface area contributed by atoms with Crippen LogP contribution < -0.4 is 15.2 Å². The van der Waals surface area contributed by atoms with Crippen molar-refractivity contribution < 1.29 is 9.47 Å². The minimum absolute atomic E-state index is 0.591. The standard InChI is InChI=1S/C17H19NO2S/c1-12-3-2-4-13(7-12)10-21-11-14-8-16-17(9-15(14)18)20-6-5-19-16/h2-4,7-9H,5-6,10-11,18H2,1H3. The second-order valence-electron chi connectivity index (χ2n) is 5.18. The highest BCUT2D eigenvalue weighted by Gasteiger charge is 2.14. The van der Waals surface area contributed by atoms with Crippen LogP contribution in [0.2, 0.25) is 0 Å². The molecule has 0 fully saturated rings. The second kappa shape index (κ2) is 6.31. The molecule has 0 amide bonds. The molecule has 2 aromatic rings. The lowest BCUT2D eigenvalue weighted by Gasteiger charge is -2.20. The number of benzene rings is 2. The van der Waals surface area contributed by atoms with Gasteiger partial charge in [0.1, 0.15) is 13.2 Å². The molecule has 4 heteroatoms. The van der Waals surface area contributed by atoms with Crippen LogP contribution in [0.1, 0.15) is 16.7 Å². The summed E-state index contributed by atoms with van der Waals surface area (Å²) in [5.74, 6) is 3.42. The van der Waals surface area contributed by atoms with E-state index in [0.717, 1.165) is 34.3 Å². The van der Waals surface area contributed by atoms with Crippen molar-refractivity contribution in [3.63, 3.8) is 0 Å². The molecule has 3 nitrogen and oxygen atoms in total. The van der Waals surface area contributed by atoms with E-state index in [1.165, 1.54) is 11.1 Å². The van der Waals surface area contributed by atoms with Crippen molar-refractivity contribution in [2.24, 2.45) is 0 Å². The van der Waals surface area contributed by atoms with E-state index >= 15 is 0 Å². The Kier molecular flexibility index (Phi) is 4.25. The molecule has 1 aliphatic heterocycles. The van der Waals surface area contributed by atoms with Crippen LogP contribution >= 0.6 is 11.8 Å². The van der Waals surface area contributed by atoms with Crippen molar-refractivity contribution in [1.29, 1.82) is 0 Å². The molecule has 0 saturated heterocycles. The average molecular weight is 301 g/mol. The first kappa shape index (κ1) is 14.1. The number of hydrogen-bond donors (Lipinski definition) is 1. The summed E-state index contributed by atoms with van der Waals surface area (Å²) in [4.78, 5) is 0. The fraction of sp³-hybridized carbons (Fsp3) is 0.294. The molecule has 0 radical (unpaired) electrons. The molecule has 0 saturated carbocycles. The van der Waals surface area contributed by atoms with E-state index in [1.54, 1.807) is 0 Å². The van der Waals surface area contributed by atoms with Gasteiger partial charge in [-0.15, -0.1) is 0 Å². The zero-order chi connectivity index (χ0) is 14.7. The first-order chi connectivity index (χ1) is 10.2. The normalized spacial score (nSPS) is 13.2. The molecule has 0 atom stereocenters. The largest absolute Gasteiger partial charge is 0.486 e. The predicted molar refractivity (Wildman–Crippen MR) is 88.0 cm³/mol. The molecule has 110 valence electrons. The zero-order valence-corrected chi connectivity index (χ0v) is 12.9. The Balaban J connectivity index is 1.65. The first-order valence-corrected chi connectivity index (χ1v) is 8.19. The monoisotopic (exact) mass is 301 g/mol. The minimum atomic E-state index is 0.591. The van der Waals surface area contributed by atoms with Crippen molar-refractivity contribution in [1.82, 2.24) is 0 Å². The van der Waals surface area contributed by atoms with Crippen LogP contribution in [0, 0.1) is 6.92 Å². The van der Waals surface area contributed by atoms with Crippen molar-refractivity contribution in [2.45, 2.75) is 18.4 Å². The Morgan fingerprint density at radius 3 is 2.57 bits per heavy atom. The van der Waals surface area contributed by atoms with Crippen LogP contribution in [0.25, 0.3) is 0 Å². The van der Waals surface area contributed by atoms with Gasteiger partial charge in [0, 0.05) is 23.3 Å². The van der Waals surface area contributed by atoms with Crippen LogP contribution in [0.3, 0.4) is 0 Å². The first-order valence-electron chi connectivity index (χ1n) is 7.03. The molecule has 1 aliphatic rings. The van der Waals surface area contributed by atoms with E-state index in [1.807, 2.05) is 23.9 Å². The highest BCUT2D eigenvalue weighted by Crippen LogP contribution is 2.36. The molecular formula is C17H19NO2S. The number of nitrogen functional groups attached to an aromatic ring is 1. The summed E-state index contributed by atoms with van der Waals surface area (Å²) in [7, 11) is 0. The van der Waals surface area contributed by atoms with Gasteiger partial charge < -0.3 is 15.2 Å². The molecule has 0 bridgehead atoms. The Bertz CT molecular complexity index is 643. The Hall–Kier alpha value is -1.81. The number of ether oxygens (including phenoxy) is 2. The smallest absolute Gasteiger partial charge is 0.163 e. The summed E-state index contributed by atoms with van der Waals surface area (Å²) in [6, 6.07) is 12.5. The molecule has 2 N–H and O–H groups in total. The second-order valence-corrected chi connectivity index (χ2v) is 6.16. The molecule has 0 spiro atoms. The quantitative estimate of drug-likeness (QED) is 0.873. The topological polar surface area (TPSA) is 44.5 Å². The van der Waals surface area contributed by atoms with Gasteiger partial charge in [-0.25, -0.2) is 0 Å². The number of rotatable bonds is 4. The van der Waals surface area contributed by atoms with Gasteiger partial charge in [0.15, 0.2) is 11.5 Å². The minimum Gasteiger partial charge on any atom is -0.486 e. The van der Waals surface area contributed by atoms with Gasteiger partial charge in [0.25, 0.3) is 0 Å². The highest BCUT2D eigenvalue weighted by molar-refractivity contribution is 7.97. The maximum Gasteiger partial charge on any atom is 0.163 e. The third kappa shape index (κ3) is 3.45. The summed E-state index contributed by atoms with van der Waals surface area (Å²) >= 11 is 1.86. The van der Waals surface area contributed by atoms with Crippen molar-refractivity contribution in [3.05, 3.63) is 53.1 Å². The van der Waals surface area contributed by atoms with E-state index in [9.17, 15) is 0 Å². The number of aryl methyl sites for hydroxylation is 1. The van der Waals surface area contributed by atoms with Crippen LogP contribution in [0.5, 0.6) is 11.5 Å². The molecular weight excluding hydrogens is 282 g/mol. The van der Waals surface area contributed by atoms with Crippen molar-refractivity contribution in [3.8, 4) is 11.5 Å². The summed E-state index contributed by atoms with van der Waals surface area (Å²) in [5, 5.41) is 0. The summed E-state index contributed by atoms with van der Waals surface area (Å²) < 4.78 is 11.1. The molecule has 3 rings (SSSR count). The SMILES string of the molecule is Cc1cccc(CSCc2cc3c(cc2N)OCCO3)c1. The number of nitrogens with two attached hydrogens (primary N) is 1. The maximum absolute atomic E-state index is 6.10. The van der Waals surface area contributed by atoms with Crippen LogP contribution in [-0.2, 0) is 11.5 Å². The fourth-order valence-electron chi connectivity index (χ4n) is 2.35. The molecule has 21 heavy (non-hydrogen) atoms.